The van der Waals surface area contributed by atoms with E-state index in [2.05, 4.69) is 22.9 Å². The zero-order valence-corrected chi connectivity index (χ0v) is 63.6. The largest absolute Gasteiger partial charge is 0.393 e. The highest BCUT2D eigenvalue weighted by molar-refractivity contribution is 6.21. The van der Waals surface area contributed by atoms with Crippen molar-refractivity contribution in [2.24, 2.45) is 35.5 Å². The Bertz CT molecular complexity index is 3120. The zero-order valence-electron chi connectivity index (χ0n) is 62.8. The maximum atomic E-state index is 15.9. The Morgan fingerprint density at radius 2 is 1.21 bits per heavy atom. The second kappa shape index (κ2) is 36.1. The lowest BCUT2D eigenvalue weighted by atomic mass is 9.78. The minimum Gasteiger partial charge on any atom is -0.377 e. The fraction of sp³-hybridized carbons (Fsp3) is 0.836. The van der Waals surface area contributed by atoms with Crippen LogP contribution in [0.3, 0.4) is 0 Å². The van der Waals surface area contributed by atoms with Crippen LogP contribution >= 0.6 is 11.6 Å². The molecule has 0 aromatic carbocycles. The number of nitrogens with zero attached hydrogens (tertiary/aromatic N) is 9. The van der Waals surface area contributed by atoms with Gasteiger partial charge in [-0.1, -0.05) is 85.0 Å². The molecular formula is C73H113ClF6N12O13. The number of alkyl halides is 7. The molecule has 105 heavy (non-hydrogen) atoms. The quantitative estimate of drug-likeness (QED) is 0.167. The van der Waals surface area contributed by atoms with Crippen molar-refractivity contribution in [2.45, 2.75) is 265 Å². The fourth-order valence-corrected chi connectivity index (χ4v) is 18.1. The SMILES string of the molecule is CC[C@H](C)[C@@H]1NC(=O)[C@H](CC(F)(F)F)N(C)C(=O)C[C@@H](C(=O)N2C3CCC2COC3)N(C)C(=O)[C@H](C2CCCCC2)N(C)C(=O)C2(CCCC2)NC(=O)[C@@H]2CCCN2C(=O)[C@H](CCC2CCC(C(F)(F)F)C(Cl)C2)NC(=O)CN(C)C(=O)[C@H](CC2CCC(C)CC2)N(C)C(=O)CN(C)C(=O)CN(C)C1=O. The number of halogens is 7. The Kier molecular flexibility index (Phi) is 28.9. The zero-order chi connectivity index (χ0) is 77.3. The van der Waals surface area contributed by atoms with E-state index >= 15 is 28.8 Å². The van der Waals surface area contributed by atoms with Crippen molar-refractivity contribution in [1.82, 2.24) is 60.0 Å². The van der Waals surface area contributed by atoms with Crippen molar-refractivity contribution in [3.05, 3.63) is 0 Å². The van der Waals surface area contributed by atoms with Crippen molar-refractivity contribution in [3.63, 3.8) is 0 Å². The molecule has 2 bridgehead atoms. The number of morpholine rings is 1. The van der Waals surface area contributed by atoms with Crippen molar-refractivity contribution in [3.8, 4) is 0 Å². The summed E-state index contributed by atoms with van der Waals surface area (Å²) in [6.45, 7) is 3.60. The van der Waals surface area contributed by atoms with Crippen LogP contribution in [0.25, 0.3) is 0 Å². The topological polar surface area (TPSA) is 279 Å². The summed E-state index contributed by atoms with van der Waals surface area (Å²) in [4.78, 5) is 190. The lowest BCUT2D eigenvalue weighted by Crippen LogP contribution is -2.65. The molecule has 4 saturated heterocycles. The Morgan fingerprint density at radius 3 is 1.81 bits per heavy atom. The van der Waals surface area contributed by atoms with Gasteiger partial charge in [0.05, 0.1) is 63.7 Å². The molecule has 1 spiro atoms. The van der Waals surface area contributed by atoms with Crippen LogP contribution in [0.1, 0.15) is 188 Å². The number of carbonyl (C=O) groups is 12. The van der Waals surface area contributed by atoms with Crippen molar-refractivity contribution in [1.29, 1.82) is 0 Å². The van der Waals surface area contributed by atoms with E-state index in [0.29, 0.717) is 68.6 Å². The predicted octanol–water partition coefficient (Wildman–Crippen LogP) is 6.01. The molecule has 25 nitrogen and oxygen atoms in total. The standard InChI is InChI=1S/C73H113ClF6N12O13/c1-11-44(3)61-68(102)86(6)39-59(95)84(4)40-60(96)87(7)54(35-46-23-21-43(2)22-24-46)66(100)85(5)38-57(93)81-52(30-26-45-25-29-50(51(74)34-45)73(78,79)80)65(99)91-33-17-20-53(91)64(98)83-71(31-15-16-32-71)70(104)90(10)62(47-18-13-12-14-19-47)69(103)89(9)55(67(101)92-48-27-28-49(92)42-105-41-48)36-58(94)88(8)56(63(97)82-61)37-72(75,76)77/h43-56,61-62H,11-42H2,1-10H3,(H,81,93)(H,82,97)(H,83,98)/t43?,44-,45?,46?,48?,49?,50?,51?,52-,53-,54-,55-,56-,61-,62-/m0/s1. The lowest BCUT2D eigenvalue weighted by Gasteiger charge is -2.44. The molecular weight excluding hydrogens is 1400 g/mol. The molecule has 0 aromatic heterocycles. The van der Waals surface area contributed by atoms with E-state index in [9.17, 15) is 55.1 Å². The van der Waals surface area contributed by atoms with Gasteiger partial charge in [0, 0.05) is 61.3 Å². The van der Waals surface area contributed by atoms with Crippen LogP contribution < -0.4 is 16.0 Å². The Hall–Kier alpha value is -6.53. The molecule has 13 atom stereocenters. The maximum Gasteiger partial charge on any atom is 0.393 e. The molecule has 8 rings (SSSR count). The molecule has 4 aliphatic heterocycles. The Balaban J connectivity index is 1.18. The second-order valence-corrected chi connectivity index (χ2v) is 32.4. The van der Waals surface area contributed by atoms with E-state index < -0.39 is 205 Å². The second-order valence-electron chi connectivity index (χ2n) is 31.8. The molecule has 592 valence electrons. The highest BCUT2D eigenvalue weighted by Gasteiger charge is 2.54. The summed E-state index contributed by atoms with van der Waals surface area (Å²) >= 11 is 6.40. The minimum absolute atomic E-state index is 0.0180. The molecule has 8 fully saturated rings. The molecule has 12 amide bonds. The maximum absolute atomic E-state index is 15.9. The first-order chi connectivity index (χ1) is 49.4. The monoisotopic (exact) mass is 1510 g/mol. The molecule has 4 aliphatic carbocycles. The van der Waals surface area contributed by atoms with E-state index in [1.807, 2.05) is 0 Å². The van der Waals surface area contributed by atoms with Gasteiger partial charge in [0.1, 0.15) is 47.8 Å². The Labute approximate surface area is 618 Å². The van der Waals surface area contributed by atoms with Gasteiger partial charge in [0.2, 0.25) is 70.9 Å². The first kappa shape index (κ1) is 84.1. The molecule has 5 unspecified atom stereocenters. The number of hydrogen-bond donors (Lipinski definition) is 3. The third-order valence-electron chi connectivity index (χ3n) is 24.4. The van der Waals surface area contributed by atoms with Crippen molar-refractivity contribution >= 4 is 82.5 Å². The first-order valence-electron chi connectivity index (χ1n) is 38.0. The highest BCUT2D eigenvalue weighted by atomic mass is 35.5. The van der Waals surface area contributed by atoms with Crippen LogP contribution in [0.4, 0.5) is 26.3 Å². The number of amides is 12. The van der Waals surface area contributed by atoms with E-state index in [4.69, 9.17) is 16.3 Å². The van der Waals surface area contributed by atoms with Gasteiger partial charge >= 0.3 is 12.4 Å². The lowest BCUT2D eigenvalue weighted by molar-refractivity contribution is -0.182. The number of fused-ring (bicyclic) bond motifs is 3. The van der Waals surface area contributed by atoms with Gasteiger partial charge < -0.3 is 64.8 Å². The molecule has 4 heterocycles. The average Bonchev–Trinajstić information content (AvgIpc) is 1.71. The van der Waals surface area contributed by atoms with Crippen LogP contribution in [0.2, 0.25) is 0 Å². The van der Waals surface area contributed by atoms with E-state index in [-0.39, 0.29) is 89.9 Å². The number of carbonyl (C=O) groups excluding carboxylic acids is 12. The summed E-state index contributed by atoms with van der Waals surface area (Å²) in [5.41, 5.74) is -1.66. The van der Waals surface area contributed by atoms with Crippen LogP contribution in [0.5, 0.6) is 0 Å². The van der Waals surface area contributed by atoms with Gasteiger partial charge in [0.15, 0.2) is 0 Å². The Morgan fingerprint density at radius 1 is 0.610 bits per heavy atom. The normalized spacial score (nSPS) is 32.4. The molecule has 0 radical (unpaired) electrons. The summed E-state index contributed by atoms with van der Waals surface area (Å²) in [6.07, 6.45) is -3.64. The number of rotatable bonds is 10. The molecule has 0 aromatic rings. The number of ether oxygens (including phenoxy) is 1. The van der Waals surface area contributed by atoms with Gasteiger partial charge in [-0.05, 0) is 119 Å². The van der Waals surface area contributed by atoms with Crippen LogP contribution in [-0.4, -0.2) is 281 Å². The van der Waals surface area contributed by atoms with Gasteiger partial charge in [0.25, 0.3) is 0 Å². The molecule has 4 saturated carbocycles. The van der Waals surface area contributed by atoms with Gasteiger partial charge in [-0.15, -0.1) is 11.6 Å². The van der Waals surface area contributed by atoms with Gasteiger partial charge in [-0.2, -0.15) is 26.3 Å². The third-order valence-corrected chi connectivity index (χ3v) is 24.9. The summed E-state index contributed by atoms with van der Waals surface area (Å²) < 4.78 is 92.6. The molecule has 32 heteroatoms. The van der Waals surface area contributed by atoms with Crippen LogP contribution in [0, 0.1) is 35.5 Å². The van der Waals surface area contributed by atoms with E-state index in [1.165, 1.54) is 57.0 Å². The smallest absolute Gasteiger partial charge is 0.377 e. The first-order valence-corrected chi connectivity index (χ1v) is 38.5. The summed E-state index contributed by atoms with van der Waals surface area (Å²) in [5, 5.41) is 7.04. The van der Waals surface area contributed by atoms with Gasteiger partial charge in [-0.3, -0.25) is 57.5 Å². The number of hydrogen-bond acceptors (Lipinski definition) is 13. The van der Waals surface area contributed by atoms with E-state index in [1.54, 1.807) is 18.7 Å². The summed E-state index contributed by atoms with van der Waals surface area (Å²) in [5.74, 6) is -13.1. The highest BCUT2D eigenvalue weighted by Crippen LogP contribution is 2.44. The van der Waals surface area contributed by atoms with E-state index in [0.717, 1.165) is 58.8 Å². The number of likely N-dealkylation sites (N-methyl/N-ethyl adjacent to an activating group) is 7. The summed E-state index contributed by atoms with van der Waals surface area (Å²) in [7, 11) is 8.92. The minimum atomic E-state index is -5.11. The molecule has 3 N–H and O–H groups in total. The molecule has 8 aliphatic rings. The van der Waals surface area contributed by atoms with Crippen molar-refractivity contribution < 1.29 is 88.6 Å². The summed E-state index contributed by atoms with van der Waals surface area (Å²) in [6, 6.07) is -11.8. The average molecular weight is 1520 g/mol. The number of nitrogens with one attached hydrogen (secondary N) is 3. The fourth-order valence-electron chi connectivity index (χ4n) is 17.5. The van der Waals surface area contributed by atoms with Crippen LogP contribution in [0.15, 0.2) is 0 Å². The van der Waals surface area contributed by atoms with Crippen LogP contribution in [-0.2, 0) is 62.3 Å². The third kappa shape index (κ3) is 20.6. The van der Waals surface area contributed by atoms with Crippen molar-refractivity contribution in [2.75, 3.05) is 88.7 Å². The van der Waals surface area contributed by atoms with Gasteiger partial charge in [-0.25, -0.2) is 0 Å². The predicted molar refractivity (Wildman–Crippen MR) is 374 cm³/mol.